The van der Waals surface area contributed by atoms with E-state index in [4.69, 9.17) is 14.0 Å². The number of hydroxylamine groups is 2. The molecule has 12 heteroatoms. The Morgan fingerprint density at radius 2 is 1.77 bits per heavy atom. The van der Waals surface area contributed by atoms with Gasteiger partial charge in [0.05, 0.1) is 12.1 Å². The molecule has 4 fully saturated rings. The van der Waals surface area contributed by atoms with Crippen LogP contribution in [0.2, 0.25) is 0 Å². The number of carbonyl (C=O) groups is 3. The first kappa shape index (κ1) is 28.5. The van der Waals surface area contributed by atoms with Crippen molar-refractivity contribution in [3.8, 4) is 0 Å². The largest absolute Gasteiger partial charge is 0.444 e. The molecule has 4 aliphatic rings. The summed E-state index contributed by atoms with van der Waals surface area (Å²) in [5.74, 6) is 0.620. The fourth-order valence-corrected chi connectivity index (χ4v) is 6.18. The van der Waals surface area contributed by atoms with Gasteiger partial charge in [0, 0.05) is 44.7 Å². The second-order valence-electron chi connectivity index (χ2n) is 13.7. The maximum Gasteiger partial charge on any atom is 0.410 e. The van der Waals surface area contributed by atoms with Crippen LogP contribution in [0, 0.1) is 5.41 Å². The van der Waals surface area contributed by atoms with Crippen molar-refractivity contribution < 1.29 is 33.6 Å². The molecule has 12 nitrogen and oxygen atoms in total. The normalized spacial score (nSPS) is 24.5. The van der Waals surface area contributed by atoms with Crippen LogP contribution in [0.25, 0.3) is 0 Å². The lowest BCUT2D eigenvalue weighted by molar-refractivity contribution is -0.0782. The quantitative estimate of drug-likeness (QED) is 0.518. The van der Waals surface area contributed by atoms with Gasteiger partial charge in [-0.1, -0.05) is 5.16 Å². The maximum atomic E-state index is 13.2. The number of carbonyl (C=O) groups excluding carboxylic acids is 3. The molecule has 3 saturated heterocycles. The first-order chi connectivity index (χ1) is 18.7. The van der Waals surface area contributed by atoms with Crippen molar-refractivity contribution in [1.29, 1.82) is 0 Å². The smallest absolute Gasteiger partial charge is 0.410 e. The first-order valence-corrected chi connectivity index (χ1v) is 14.4. The molecule has 5 rings (SSSR count). The van der Waals surface area contributed by atoms with E-state index in [2.05, 4.69) is 5.16 Å². The van der Waals surface area contributed by atoms with Gasteiger partial charge in [-0.05, 0) is 79.1 Å². The molecular weight excluding hydrogens is 518 g/mol. The van der Waals surface area contributed by atoms with Gasteiger partial charge in [-0.25, -0.2) is 19.4 Å². The molecule has 3 aliphatic heterocycles. The molecule has 1 N–H and O–H groups in total. The van der Waals surface area contributed by atoms with Gasteiger partial charge in [0.1, 0.15) is 22.7 Å². The highest BCUT2D eigenvalue weighted by Crippen LogP contribution is 2.61. The average Bonchev–Trinajstić information content (AvgIpc) is 3.35. The number of hydrogen-bond acceptors (Lipinski definition) is 8. The van der Waals surface area contributed by atoms with Crippen molar-refractivity contribution in [1.82, 2.24) is 24.9 Å². The van der Waals surface area contributed by atoms with E-state index in [1.807, 2.05) is 47.6 Å². The fourth-order valence-electron chi connectivity index (χ4n) is 6.18. The molecule has 0 unspecified atom stereocenters. The Morgan fingerprint density at radius 1 is 1.12 bits per heavy atom. The van der Waals surface area contributed by atoms with E-state index in [9.17, 15) is 19.6 Å². The monoisotopic (exact) mass is 561 g/mol. The Hall–Kier alpha value is -3.02. The Labute approximate surface area is 235 Å². The summed E-state index contributed by atoms with van der Waals surface area (Å²) >= 11 is 0. The van der Waals surface area contributed by atoms with Gasteiger partial charge in [-0.3, -0.25) is 5.21 Å². The molecule has 4 heterocycles. The number of fused-ring (bicyclic) bond motifs is 3. The average molecular weight is 562 g/mol. The summed E-state index contributed by atoms with van der Waals surface area (Å²) in [6, 6.07) is 1.01. The highest BCUT2D eigenvalue weighted by atomic mass is 16.6. The highest BCUT2D eigenvalue weighted by molar-refractivity contribution is 5.77. The van der Waals surface area contributed by atoms with Crippen LogP contribution >= 0.6 is 0 Å². The molecule has 40 heavy (non-hydrogen) atoms. The molecule has 0 radical (unpaired) electrons. The summed E-state index contributed by atoms with van der Waals surface area (Å²) in [4.78, 5) is 43.5. The summed E-state index contributed by atoms with van der Waals surface area (Å²) in [5, 5.41) is 15.5. The number of rotatable bonds is 5. The van der Waals surface area contributed by atoms with Gasteiger partial charge in [0.2, 0.25) is 0 Å². The number of hydrogen-bond donors (Lipinski definition) is 1. The van der Waals surface area contributed by atoms with E-state index in [1.165, 1.54) is 0 Å². The maximum absolute atomic E-state index is 13.2. The van der Waals surface area contributed by atoms with Crippen LogP contribution in [-0.4, -0.2) is 97.8 Å². The van der Waals surface area contributed by atoms with Gasteiger partial charge < -0.3 is 28.7 Å². The topological polar surface area (TPSA) is 129 Å². The van der Waals surface area contributed by atoms with Crippen LogP contribution in [0.15, 0.2) is 10.6 Å². The summed E-state index contributed by atoms with van der Waals surface area (Å²) < 4.78 is 16.9. The summed E-state index contributed by atoms with van der Waals surface area (Å²) in [7, 11) is 0. The van der Waals surface area contributed by atoms with Gasteiger partial charge in [0.15, 0.2) is 0 Å². The van der Waals surface area contributed by atoms with E-state index < -0.39 is 17.3 Å². The molecule has 2 atom stereocenters. The van der Waals surface area contributed by atoms with Crippen molar-refractivity contribution >= 4 is 18.2 Å². The predicted octanol–water partition coefficient (Wildman–Crippen LogP) is 4.57. The predicted molar refractivity (Wildman–Crippen MR) is 143 cm³/mol. The third-order valence-electron chi connectivity index (χ3n) is 8.38. The highest BCUT2D eigenvalue weighted by Gasteiger charge is 2.63. The lowest BCUT2D eigenvalue weighted by Crippen LogP contribution is -2.51. The Kier molecular flexibility index (Phi) is 7.21. The van der Waals surface area contributed by atoms with Crippen molar-refractivity contribution in [3.63, 3.8) is 0 Å². The third-order valence-corrected chi connectivity index (χ3v) is 8.38. The molecule has 1 aliphatic carbocycles. The van der Waals surface area contributed by atoms with E-state index in [-0.39, 0.29) is 35.7 Å². The number of amides is 4. The van der Waals surface area contributed by atoms with Crippen LogP contribution in [0.1, 0.15) is 91.1 Å². The van der Waals surface area contributed by atoms with Gasteiger partial charge >= 0.3 is 18.2 Å². The molecule has 0 aromatic carbocycles. The van der Waals surface area contributed by atoms with Gasteiger partial charge in [0.25, 0.3) is 0 Å². The second-order valence-corrected chi connectivity index (χ2v) is 13.7. The summed E-state index contributed by atoms with van der Waals surface area (Å²) in [6.07, 6.45) is 3.66. The SMILES string of the molecule is CC(C)(C)OC(=O)N1CCC(N(CCc2cc([C@@H]3CC4(CC4)[C@@H]4CN3C(=O)N4O)no2)C(=O)OC(C)(C)C)CC1. The van der Waals surface area contributed by atoms with Crippen molar-refractivity contribution in [3.05, 3.63) is 17.5 Å². The number of likely N-dealkylation sites (tertiary alicyclic amines) is 1. The molecule has 1 saturated carbocycles. The van der Waals surface area contributed by atoms with Crippen LogP contribution in [0.4, 0.5) is 14.4 Å². The van der Waals surface area contributed by atoms with Crippen molar-refractivity contribution in [2.45, 2.75) is 109 Å². The zero-order valence-electron chi connectivity index (χ0n) is 24.5. The van der Waals surface area contributed by atoms with Crippen LogP contribution in [0.5, 0.6) is 0 Å². The minimum absolute atomic E-state index is 0.0388. The van der Waals surface area contributed by atoms with Crippen molar-refractivity contribution in [2.75, 3.05) is 26.2 Å². The minimum atomic E-state index is -0.646. The number of urea groups is 1. The van der Waals surface area contributed by atoms with E-state index in [1.54, 1.807) is 14.7 Å². The summed E-state index contributed by atoms with van der Waals surface area (Å²) in [6.45, 7) is 12.9. The summed E-state index contributed by atoms with van der Waals surface area (Å²) in [5.41, 5.74) is -0.572. The minimum Gasteiger partial charge on any atom is -0.444 e. The molecular formula is C28H43N5O7. The van der Waals surface area contributed by atoms with Crippen LogP contribution in [0.3, 0.4) is 0 Å². The van der Waals surface area contributed by atoms with Crippen molar-refractivity contribution in [2.24, 2.45) is 5.41 Å². The molecule has 222 valence electrons. The van der Waals surface area contributed by atoms with E-state index in [0.29, 0.717) is 56.9 Å². The molecule has 2 bridgehead atoms. The molecule has 4 amide bonds. The standard InChI is InChI=1S/C28H43N5O7/c1-26(2,3)38-24(35)30-12-7-18(8-13-30)31(25(36)39-27(4,5)6)14-9-19-15-20(29-40-19)21-16-28(10-11-28)22-17-32(21)23(34)33(22)37/h15,18,21-22,37H,7-14,16-17H2,1-6H3/t21-,22-/m0/s1. The number of nitrogens with zero attached hydrogens (tertiary/aromatic N) is 5. The Bertz CT molecular complexity index is 1130. The Morgan fingerprint density at radius 3 is 2.38 bits per heavy atom. The zero-order valence-corrected chi connectivity index (χ0v) is 24.5. The molecule has 1 aromatic rings. The molecule has 1 spiro atoms. The number of piperidine rings is 2. The van der Waals surface area contributed by atoms with E-state index >= 15 is 0 Å². The van der Waals surface area contributed by atoms with Crippen LogP contribution < -0.4 is 0 Å². The zero-order chi connectivity index (χ0) is 29.0. The fraction of sp³-hybridized carbons (Fsp3) is 0.786. The first-order valence-electron chi connectivity index (χ1n) is 14.4. The van der Waals surface area contributed by atoms with E-state index in [0.717, 1.165) is 24.3 Å². The van der Waals surface area contributed by atoms with Gasteiger partial charge in [-0.2, -0.15) is 0 Å². The molecule has 1 aromatic heterocycles. The van der Waals surface area contributed by atoms with Gasteiger partial charge in [-0.15, -0.1) is 0 Å². The number of aromatic nitrogens is 1. The number of ether oxygens (including phenoxy) is 2. The van der Waals surface area contributed by atoms with Crippen LogP contribution in [-0.2, 0) is 15.9 Å². The third kappa shape index (κ3) is 5.87. The second kappa shape index (κ2) is 10.1. The lowest BCUT2D eigenvalue weighted by atomic mass is 9.84. The lowest BCUT2D eigenvalue weighted by Gasteiger charge is -2.39. The Balaban J connectivity index is 1.24.